The van der Waals surface area contributed by atoms with Crippen LogP contribution in [0.15, 0.2) is 11.4 Å². The topological polar surface area (TPSA) is 55.1 Å². The first-order valence-electron chi connectivity index (χ1n) is 5.99. The van der Waals surface area contributed by atoms with Crippen molar-refractivity contribution in [1.82, 2.24) is 5.32 Å². The zero-order valence-corrected chi connectivity index (χ0v) is 11.0. The molecule has 3 nitrogen and oxygen atoms in total. The molecule has 1 fully saturated rings. The number of nitrogens with one attached hydrogen (secondary N) is 1. The lowest BCUT2D eigenvalue weighted by Crippen LogP contribution is -2.52. The summed E-state index contributed by atoms with van der Waals surface area (Å²) in [6, 6.07) is 1.15. The molecule has 0 radical (unpaired) electrons. The van der Waals surface area contributed by atoms with Gasteiger partial charge in [0.15, 0.2) is 0 Å². The van der Waals surface area contributed by atoms with Crippen LogP contribution >= 0.6 is 11.3 Å². The molecular weight excluding hydrogens is 277 g/mol. The monoisotopic (exact) mass is 292 g/mol. The lowest BCUT2D eigenvalue weighted by Gasteiger charge is -2.42. The maximum atomic E-state index is 12.5. The third-order valence-electron chi connectivity index (χ3n) is 3.42. The van der Waals surface area contributed by atoms with E-state index in [-0.39, 0.29) is 17.9 Å². The minimum Gasteiger partial charge on any atom is -0.370 e. The summed E-state index contributed by atoms with van der Waals surface area (Å²) in [7, 11) is 0. The van der Waals surface area contributed by atoms with Crippen molar-refractivity contribution < 1.29 is 18.0 Å². The lowest BCUT2D eigenvalue weighted by atomic mass is 9.74. The van der Waals surface area contributed by atoms with Gasteiger partial charge >= 0.3 is 6.18 Å². The van der Waals surface area contributed by atoms with Gasteiger partial charge in [-0.15, -0.1) is 11.3 Å². The average molecular weight is 292 g/mol. The maximum Gasteiger partial charge on any atom is 0.425 e. The van der Waals surface area contributed by atoms with Crippen LogP contribution in [-0.4, -0.2) is 11.4 Å². The summed E-state index contributed by atoms with van der Waals surface area (Å²) in [6.07, 6.45) is -1.36. The summed E-state index contributed by atoms with van der Waals surface area (Å²) >= 11 is 0.690. The van der Waals surface area contributed by atoms with Crippen LogP contribution in [0.2, 0.25) is 0 Å². The molecule has 1 heterocycles. The molecule has 0 aliphatic heterocycles. The second kappa shape index (κ2) is 5.13. The molecule has 0 bridgehead atoms. The van der Waals surface area contributed by atoms with Crippen molar-refractivity contribution in [3.63, 3.8) is 0 Å². The second-order valence-electron chi connectivity index (χ2n) is 4.95. The number of rotatable bonds is 5. The van der Waals surface area contributed by atoms with Gasteiger partial charge in [0.2, 0.25) is 5.91 Å². The molecule has 106 valence electrons. The van der Waals surface area contributed by atoms with Gasteiger partial charge < -0.3 is 11.1 Å². The van der Waals surface area contributed by atoms with Gasteiger partial charge in [-0.3, -0.25) is 4.79 Å². The molecule has 0 atom stereocenters. The predicted octanol–water partition coefficient (Wildman–Crippen LogP) is 2.65. The number of carbonyl (C=O) groups excluding carboxylic acids is 1. The van der Waals surface area contributed by atoms with Crippen LogP contribution in [0.25, 0.3) is 0 Å². The van der Waals surface area contributed by atoms with Crippen molar-refractivity contribution in [2.75, 3.05) is 0 Å². The molecule has 0 unspecified atom stereocenters. The van der Waals surface area contributed by atoms with Gasteiger partial charge in [-0.25, -0.2) is 0 Å². The molecule has 1 aliphatic rings. The number of alkyl halides is 3. The number of halogens is 3. The van der Waals surface area contributed by atoms with Crippen LogP contribution in [0.1, 0.15) is 36.1 Å². The molecule has 0 saturated heterocycles. The fourth-order valence-corrected chi connectivity index (χ4v) is 3.04. The first-order valence-corrected chi connectivity index (χ1v) is 6.87. The van der Waals surface area contributed by atoms with Crippen molar-refractivity contribution in [2.24, 2.45) is 5.73 Å². The molecule has 3 N–H and O–H groups in total. The van der Waals surface area contributed by atoms with Gasteiger partial charge in [0.25, 0.3) is 0 Å². The predicted molar refractivity (Wildman–Crippen MR) is 66.6 cm³/mol. The van der Waals surface area contributed by atoms with Crippen LogP contribution in [0, 0.1) is 0 Å². The number of primary amides is 1. The van der Waals surface area contributed by atoms with Crippen molar-refractivity contribution in [3.05, 3.63) is 21.9 Å². The summed E-state index contributed by atoms with van der Waals surface area (Å²) in [4.78, 5) is 10.4. The number of hydrogen-bond donors (Lipinski definition) is 2. The smallest absolute Gasteiger partial charge is 0.370 e. The summed E-state index contributed by atoms with van der Waals surface area (Å²) < 4.78 is 37.4. The maximum absolute atomic E-state index is 12.5. The SMILES string of the molecule is NC(=O)CC1(NCc2csc(C(F)(F)F)c2)CCC1. The fraction of sp³-hybridized carbons (Fsp3) is 0.583. The molecule has 19 heavy (non-hydrogen) atoms. The third-order valence-corrected chi connectivity index (χ3v) is 4.45. The van der Waals surface area contributed by atoms with Crippen LogP contribution < -0.4 is 11.1 Å². The Labute approximate surface area is 113 Å². The van der Waals surface area contributed by atoms with E-state index in [1.165, 1.54) is 5.38 Å². The Morgan fingerprint density at radius 2 is 2.16 bits per heavy atom. The Morgan fingerprint density at radius 1 is 1.47 bits per heavy atom. The Bertz CT molecular complexity index is 466. The molecule has 2 rings (SSSR count). The summed E-state index contributed by atoms with van der Waals surface area (Å²) in [6.45, 7) is 0.333. The molecule has 1 aromatic rings. The second-order valence-corrected chi connectivity index (χ2v) is 5.86. The van der Waals surface area contributed by atoms with Crippen LogP contribution in [0.3, 0.4) is 0 Å². The number of thiophene rings is 1. The highest BCUT2D eigenvalue weighted by atomic mass is 32.1. The van der Waals surface area contributed by atoms with E-state index >= 15 is 0 Å². The van der Waals surface area contributed by atoms with Gasteiger partial charge in [0, 0.05) is 18.5 Å². The fourth-order valence-electron chi connectivity index (χ4n) is 2.26. The van der Waals surface area contributed by atoms with E-state index in [0.29, 0.717) is 23.4 Å². The Balaban J connectivity index is 1.95. The highest BCUT2D eigenvalue weighted by Gasteiger charge is 2.38. The highest BCUT2D eigenvalue weighted by Crippen LogP contribution is 2.36. The molecule has 0 spiro atoms. The van der Waals surface area contributed by atoms with Crippen LogP contribution in [0.4, 0.5) is 13.2 Å². The van der Waals surface area contributed by atoms with E-state index in [0.717, 1.165) is 25.3 Å². The van der Waals surface area contributed by atoms with E-state index in [1.807, 2.05) is 0 Å². The van der Waals surface area contributed by atoms with E-state index in [1.54, 1.807) is 0 Å². The van der Waals surface area contributed by atoms with E-state index in [2.05, 4.69) is 5.32 Å². The molecule has 0 aromatic carbocycles. The molecule has 1 amide bonds. The third kappa shape index (κ3) is 3.48. The van der Waals surface area contributed by atoms with E-state index in [4.69, 9.17) is 5.73 Å². The van der Waals surface area contributed by atoms with E-state index in [9.17, 15) is 18.0 Å². The van der Waals surface area contributed by atoms with Gasteiger partial charge in [0.1, 0.15) is 4.88 Å². The van der Waals surface area contributed by atoms with Crippen molar-refractivity contribution in [1.29, 1.82) is 0 Å². The quantitative estimate of drug-likeness (QED) is 0.876. The number of nitrogens with two attached hydrogens (primary N) is 1. The van der Waals surface area contributed by atoms with Gasteiger partial charge in [0.05, 0.1) is 0 Å². The highest BCUT2D eigenvalue weighted by molar-refractivity contribution is 7.10. The Kier molecular flexibility index (Phi) is 3.87. The van der Waals surface area contributed by atoms with E-state index < -0.39 is 11.1 Å². The Morgan fingerprint density at radius 3 is 2.58 bits per heavy atom. The minimum absolute atomic E-state index is 0.239. The Hall–Kier alpha value is -1.08. The first kappa shape index (κ1) is 14.3. The molecule has 7 heteroatoms. The number of amides is 1. The zero-order valence-electron chi connectivity index (χ0n) is 10.2. The van der Waals surface area contributed by atoms with Gasteiger partial charge in [-0.05, 0) is 36.3 Å². The molecule has 1 aliphatic carbocycles. The number of hydrogen-bond acceptors (Lipinski definition) is 3. The summed E-state index contributed by atoms with van der Waals surface area (Å²) in [5, 5.41) is 4.68. The van der Waals surface area contributed by atoms with Gasteiger partial charge in [-0.1, -0.05) is 0 Å². The molecule has 1 saturated carbocycles. The summed E-state index contributed by atoms with van der Waals surface area (Å²) in [5.41, 5.74) is 5.47. The summed E-state index contributed by atoms with van der Waals surface area (Å²) in [5.74, 6) is -0.381. The lowest BCUT2D eigenvalue weighted by molar-refractivity contribution is -0.134. The van der Waals surface area contributed by atoms with Crippen LogP contribution in [-0.2, 0) is 17.5 Å². The first-order chi connectivity index (χ1) is 8.81. The average Bonchev–Trinajstić information content (AvgIpc) is 2.69. The molecule has 1 aromatic heterocycles. The van der Waals surface area contributed by atoms with Crippen molar-refractivity contribution in [2.45, 2.75) is 43.9 Å². The zero-order chi connectivity index (χ0) is 14.1. The van der Waals surface area contributed by atoms with Crippen molar-refractivity contribution in [3.8, 4) is 0 Å². The normalized spacial score (nSPS) is 18.1. The minimum atomic E-state index is -4.29. The largest absolute Gasteiger partial charge is 0.425 e. The van der Waals surface area contributed by atoms with Gasteiger partial charge in [-0.2, -0.15) is 13.2 Å². The van der Waals surface area contributed by atoms with Crippen molar-refractivity contribution >= 4 is 17.2 Å². The molecular formula is C12H15F3N2OS. The number of carbonyl (C=O) groups is 1. The van der Waals surface area contributed by atoms with Crippen LogP contribution in [0.5, 0.6) is 0 Å². The standard InChI is InChI=1S/C12H15F3N2OS/c13-12(14,15)9-4-8(7-19-9)6-17-11(2-1-3-11)5-10(16)18/h4,7,17H,1-3,5-6H2,(H2,16,18).